The van der Waals surface area contributed by atoms with Crippen molar-refractivity contribution in [3.05, 3.63) is 26.6 Å². The van der Waals surface area contributed by atoms with E-state index in [-0.39, 0.29) is 24.1 Å². The van der Waals surface area contributed by atoms with Crippen molar-refractivity contribution < 1.29 is 14.3 Å². The van der Waals surface area contributed by atoms with Crippen LogP contribution in [0, 0.1) is 6.92 Å². The lowest BCUT2D eigenvalue weighted by molar-refractivity contribution is -0.138. The molecular weight excluding hydrogens is 378 g/mol. The minimum atomic E-state index is -0.552. The fourth-order valence-corrected chi connectivity index (χ4v) is 5.38. The third-order valence-corrected chi connectivity index (χ3v) is 7.01. The van der Waals surface area contributed by atoms with E-state index in [2.05, 4.69) is 11.9 Å². The summed E-state index contributed by atoms with van der Waals surface area (Å²) in [5.41, 5.74) is 0.516. The SMILES string of the molecule is CCC1CCCCN1C(=O)COC(=O)c1sc2nc3n(c(=O)c2c1C)CCC3. The lowest BCUT2D eigenvalue weighted by Gasteiger charge is -2.35. The maximum atomic E-state index is 12.7. The fourth-order valence-electron chi connectivity index (χ4n) is 4.30. The van der Waals surface area contributed by atoms with Crippen molar-refractivity contribution in [3.8, 4) is 0 Å². The number of piperidine rings is 1. The number of aryl methyl sites for hydroxylation is 2. The number of carbonyl (C=O) groups is 2. The standard InChI is InChI=1S/C20H25N3O4S/c1-3-13-7-4-5-9-22(13)15(24)11-27-20(26)17-12(2)16-18(28-17)21-14-8-6-10-23(14)19(16)25/h13H,3-11H2,1-2H3. The number of hydrogen-bond donors (Lipinski definition) is 0. The summed E-state index contributed by atoms with van der Waals surface area (Å²) < 4.78 is 7.03. The summed E-state index contributed by atoms with van der Waals surface area (Å²) in [6, 6.07) is 0.234. The summed E-state index contributed by atoms with van der Waals surface area (Å²) >= 11 is 1.18. The van der Waals surface area contributed by atoms with Crippen LogP contribution in [0.25, 0.3) is 10.2 Å². The van der Waals surface area contributed by atoms with E-state index < -0.39 is 5.97 Å². The molecule has 1 unspecified atom stereocenters. The highest BCUT2D eigenvalue weighted by Gasteiger charge is 2.28. The minimum Gasteiger partial charge on any atom is -0.451 e. The van der Waals surface area contributed by atoms with Gasteiger partial charge in [0, 0.05) is 25.6 Å². The molecule has 0 aliphatic carbocycles. The van der Waals surface area contributed by atoms with Gasteiger partial charge in [-0.1, -0.05) is 6.92 Å². The van der Waals surface area contributed by atoms with Gasteiger partial charge >= 0.3 is 5.97 Å². The van der Waals surface area contributed by atoms with E-state index in [9.17, 15) is 14.4 Å². The number of likely N-dealkylation sites (tertiary alicyclic amines) is 1. The van der Waals surface area contributed by atoms with E-state index in [1.807, 2.05) is 4.90 Å². The molecule has 0 saturated carbocycles. The number of ether oxygens (including phenoxy) is 1. The van der Waals surface area contributed by atoms with Crippen LogP contribution in [-0.2, 0) is 22.5 Å². The average molecular weight is 404 g/mol. The quantitative estimate of drug-likeness (QED) is 0.733. The molecule has 2 aliphatic heterocycles. The van der Waals surface area contributed by atoms with Gasteiger partial charge < -0.3 is 9.64 Å². The van der Waals surface area contributed by atoms with Gasteiger partial charge in [0.05, 0.1) is 5.39 Å². The van der Waals surface area contributed by atoms with Gasteiger partial charge in [0.15, 0.2) is 6.61 Å². The Kier molecular flexibility index (Phi) is 5.23. The second kappa shape index (κ2) is 7.66. The molecule has 0 spiro atoms. The van der Waals surface area contributed by atoms with Crippen molar-refractivity contribution in [1.82, 2.24) is 14.5 Å². The molecule has 1 atom stereocenters. The van der Waals surface area contributed by atoms with E-state index >= 15 is 0 Å². The molecule has 4 heterocycles. The first-order valence-corrected chi connectivity index (χ1v) is 10.8. The van der Waals surface area contributed by atoms with E-state index in [0.29, 0.717) is 27.2 Å². The molecule has 1 fully saturated rings. The van der Waals surface area contributed by atoms with Gasteiger partial charge in [-0.15, -0.1) is 11.3 Å². The molecule has 8 heteroatoms. The first kappa shape index (κ1) is 19.1. The molecule has 0 bridgehead atoms. The topological polar surface area (TPSA) is 81.5 Å². The zero-order chi connectivity index (χ0) is 19.8. The molecule has 150 valence electrons. The van der Waals surface area contributed by atoms with Gasteiger partial charge in [0.2, 0.25) is 0 Å². The van der Waals surface area contributed by atoms with Crippen molar-refractivity contribution in [2.75, 3.05) is 13.2 Å². The first-order chi connectivity index (χ1) is 13.5. The van der Waals surface area contributed by atoms with Crippen molar-refractivity contribution in [3.63, 3.8) is 0 Å². The van der Waals surface area contributed by atoms with E-state index in [4.69, 9.17) is 4.74 Å². The molecule has 2 aromatic heterocycles. The molecule has 2 aromatic rings. The number of fused-ring (bicyclic) bond motifs is 2. The predicted octanol–water partition coefficient (Wildman–Crippen LogP) is 2.66. The zero-order valence-electron chi connectivity index (χ0n) is 16.3. The molecule has 0 radical (unpaired) electrons. The minimum absolute atomic E-state index is 0.0829. The second-order valence-corrected chi connectivity index (χ2v) is 8.54. The largest absolute Gasteiger partial charge is 0.451 e. The van der Waals surface area contributed by atoms with Crippen LogP contribution in [0.3, 0.4) is 0 Å². The average Bonchev–Trinajstić information content (AvgIpc) is 3.31. The number of amides is 1. The van der Waals surface area contributed by atoms with Gasteiger partial charge in [0.25, 0.3) is 11.5 Å². The van der Waals surface area contributed by atoms with E-state index in [1.54, 1.807) is 11.5 Å². The highest BCUT2D eigenvalue weighted by molar-refractivity contribution is 7.20. The molecular formula is C20H25N3O4S. The van der Waals surface area contributed by atoms with Crippen LogP contribution in [-0.4, -0.2) is 45.5 Å². The second-order valence-electron chi connectivity index (χ2n) is 7.55. The number of rotatable bonds is 4. The Morgan fingerprint density at radius 1 is 1.25 bits per heavy atom. The summed E-state index contributed by atoms with van der Waals surface area (Å²) in [4.78, 5) is 45.2. The molecule has 0 aromatic carbocycles. The molecule has 28 heavy (non-hydrogen) atoms. The van der Waals surface area contributed by atoms with Crippen LogP contribution in [0.15, 0.2) is 4.79 Å². The first-order valence-electron chi connectivity index (χ1n) is 10.0. The zero-order valence-corrected chi connectivity index (χ0v) is 17.1. The third kappa shape index (κ3) is 3.23. The number of esters is 1. The molecule has 0 N–H and O–H groups in total. The Morgan fingerprint density at radius 2 is 2.07 bits per heavy atom. The molecule has 1 amide bonds. The van der Waals surface area contributed by atoms with Crippen molar-refractivity contribution in [2.24, 2.45) is 0 Å². The summed E-state index contributed by atoms with van der Waals surface area (Å²) in [5, 5.41) is 0.496. The Balaban J connectivity index is 1.52. The Labute approximate surface area is 167 Å². The predicted molar refractivity (Wildman–Crippen MR) is 107 cm³/mol. The summed E-state index contributed by atoms with van der Waals surface area (Å²) in [5.74, 6) is 0.0869. The smallest absolute Gasteiger partial charge is 0.349 e. The van der Waals surface area contributed by atoms with E-state index in [1.165, 1.54) is 11.3 Å². The van der Waals surface area contributed by atoms with Crippen LogP contribution in [0.4, 0.5) is 0 Å². The normalized spacial score (nSPS) is 19.1. The molecule has 7 nitrogen and oxygen atoms in total. The Hall–Kier alpha value is -2.22. The van der Waals surface area contributed by atoms with Gasteiger partial charge in [-0.2, -0.15) is 0 Å². The maximum Gasteiger partial charge on any atom is 0.349 e. The van der Waals surface area contributed by atoms with Crippen LogP contribution in [0.2, 0.25) is 0 Å². The van der Waals surface area contributed by atoms with Crippen molar-refractivity contribution in [2.45, 2.75) is 65.0 Å². The Morgan fingerprint density at radius 3 is 2.86 bits per heavy atom. The highest BCUT2D eigenvalue weighted by Crippen LogP contribution is 2.29. The molecule has 1 saturated heterocycles. The van der Waals surface area contributed by atoms with E-state index in [0.717, 1.165) is 50.9 Å². The van der Waals surface area contributed by atoms with Gasteiger partial charge in [-0.3, -0.25) is 14.2 Å². The lowest BCUT2D eigenvalue weighted by Crippen LogP contribution is -2.45. The monoisotopic (exact) mass is 403 g/mol. The number of nitrogens with zero attached hydrogens (tertiary/aromatic N) is 3. The fraction of sp³-hybridized carbons (Fsp3) is 0.600. The van der Waals surface area contributed by atoms with Crippen LogP contribution in [0.1, 0.15) is 60.1 Å². The maximum absolute atomic E-state index is 12.7. The number of aromatic nitrogens is 2. The van der Waals surface area contributed by atoms with Crippen molar-refractivity contribution >= 4 is 33.4 Å². The number of hydrogen-bond acceptors (Lipinski definition) is 6. The van der Waals surface area contributed by atoms with Crippen LogP contribution < -0.4 is 5.56 Å². The summed E-state index contributed by atoms with van der Waals surface area (Å²) in [7, 11) is 0. The van der Waals surface area contributed by atoms with Crippen molar-refractivity contribution in [1.29, 1.82) is 0 Å². The van der Waals surface area contributed by atoms with Crippen LogP contribution in [0.5, 0.6) is 0 Å². The molecule has 2 aliphatic rings. The number of carbonyl (C=O) groups excluding carboxylic acids is 2. The Bertz CT molecular complexity index is 993. The number of thiophene rings is 1. The van der Waals surface area contributed by atoms with Crippen LogP contribution >= 0.6 is 11.3 Å². The van der Waals surface area contributed by atoms with Gasteiger partial charge in [-0.25, -0.2) is 9.78 Å². The van der Waals surface area contributed by atoms with Gasteiger partial charge in [-0.05, 0) is 44.6 Å². The molecule has 4 rings (SSSR count). The lowest BCUT2D eigenvalue weighted by atomic mass is 10.00. The summed E-state index contributed by atoms with van der Waals surface area (Å²) in [6.07, 6.45) is 5.75. The highest BCUT2D eigenvalue weighted by atomic mass is 32.1. The van der Waals surface area contributed by atoms with Gasteiger partial charge in [0.1, 0.15) is 15.5 Å². The summed E-state index contributed by atoms with van der Waals surface area (Å²) in [6.45, 7) is 4.97. The third-order valence-electron chi connectivity index (χ3n) is 5.84.